The fourth-order valence-electron chi connectivity index (χ4n) is 3.28. The first-order valence-corrected chi connectivity index (χ1v) is 8.66. The van der Waals surface area contributed by atoms with Crippen molar-refractivity contribution in [1.82, 2.24) is 19.4 Å². The Morgan fingerprint density at radius 3 is 2.56 bits per heavy atom. The van der Waals surface area contributed by atoms with Crippen molar-refractivity contribution in [2.24, 2.45) is 7.05 Å². The quantitative estimate of drug-likeness (QED) is 0.734. The summed E-state index contributed by atoms with van der Waals surface area (Å²) in [7, 11) is 1.64. The molecule has 0 N–H and O–H groups in total. The van der Waals surface area contributed by atoms with E-state index in [4.69, 9.17) is 4.74 Å². The maximum Gasteiger partial charge on any atom is 0.256 e. The van der Waals surface area contributed by atoms with E-state index >= 15 is 0 Å². The number of amides is 2. The van der Waals surface area contributed by atoms with E-state index in [2.05, 4.69) is 4.98 Å². The van der Waals surface area contributed by atoms with Crippen LogP contribution in [-0.2, 0) is 27.8 Å². The molecule has 0 bridgehead atoms. The summed E-state index contributed by atoms with van der Waals surface area (Å²) in [6.45, 7) is 4.39. The molecule has 0 saturated carbocycles. The molecule has 3 heterocycles. The van der Waals surface area contributed by atoms with Gasteiger partial charge in [-0.25, -0.2) is 4.98 Å². The summed E-state index contributed by atoms with van der Waals surface area (Å²) < 4.78 is 6.85. The van der Waals surface area contributed by atoms with Gasteiger partial charge >= 0.3 is 0 Å². The van der Waals surface area contributed by atoms with Crippen molar-refractivity contribution in [2.75, 3.05) is 32.8 Å². The second kappa shape index (κ2) is 7.35. The molecule has 0 aliphatic carbocycles. The number of carbonyl (C=O) groups is 2. The predicted octanol–water partition coefficient (Wildman–Crippen LogP) is -0.519. The molecular formula is C17H24N4O4. The number of aryl methyl sites for hydroxylation is 1. The molecule has 2 aliphatic rings. The summed E-state index contributed by atoms with van der Waals surface area (Å²) >= 11 is 0. The lowest BCUT2D eigenvalue weighted by atomic mass is 10.1. The first-order chi connectivity index (χ1) is 12.0. The Kier molecular flexibility index (Phi) is 5.17. The van der Waals surface area contributed by atoms with Gasteiger partial charge in [-0.2, -0.15) is 0 Å². The van der Waals surface area contributed by atoms with Crippen molar-refractivity contribution < 1.29 is 14.3 Å². The molecule has 2 fully saturated rings. The first-order valence-electron chi connectivity index (χ1n) is 8.66. The van der Waals surface area contributed by atoms with Gasteiger partial charge in [0, 0.05) is 45.4 Å². The zero-order valence-corrected chi connectivity index (χ0v) is 14.7. The molecule has 2 saturated heterocycles. The molecule has 0 radical (unpaired) electrons. The van der Waals surface area contributed by atoms with Crippen molar-refractivity contribution in [3.8, 4) is 0 Å². The number of nitrogens with zero attached hydrogens (tertiary/aromatic N) is 4. The second-order valence-corrected chi connectivity index (χ2v) is 6.62. The molecule has 8 nitrogen and oxygen atoms in total. The number of piperazine rings is 1. The molecule has 3 rings (SSSR count). The van der Waals surface area contributed by atoms with Crippen molar-refractivity contribution in [3.05, 3.63) is 27.9 Å². The van der Waals surface area contributed by atoms with Crippen molar-refractivity contribution >= 4 is 11.8 Å². The average Bonchev–Trinajstić information content (AvgIpc) is 3.16. The van der Waals surface area contributed by atoms with Crippen LogP contribution in [0, 0.1) is 6.92 Å². The third kappa shape index (κ3) is 3.73. The monoisotopic (exact) mass is 348 g/mol. The van der Waals surface area contributed by atoms with Gasteiger partial charge in [0.05, 0.1) is 18.4 Å². The Labute approximate surface area is 146 Å². The average molecular weight is 348 g/mol. The minimum atomic E-state index is -0.311. The Bertz CT molecular complexity index is 716. The molecule has 25 heavy (non-hydrogen) atoms. The summed E-state index contributed by atoms with van der Waals surface area (Å²) in [5.41, 5.74) is 0.890. The largest absolute Gasteiger partial charge is 0.368 e. The molecule has 1 aromatic rings. The van der Waals surface area contributed by atoms with E-state index in [1.165, 1.54) is 10.9 Å². The van der Waals surface area contributed by atoms with Gasteiger partial charge in [-0.1, -0.05) is 0 Å². The highest BCUT2D eigenvalue weighted by Gasteiger charge is 2.31. The van der Waals surface area contributed by atoms with Gasteiger partial charge in [-0.3, -0.25) is 14.4 Å². The van der Waals surface area contributed by atoms with Crippen LogP contribution in [0.15, 0.2) is 11.1 Å². The number of rotatable bonds is 3. The van der Waals surface area contributed by atoms with Crippen LogP contribution in [0.5, 0.6) is 0 Å². The van der Waals surface area contributed by atoms with Gasteiger partial charge in [-0.05, 0) is 19.8 Å². The van der Waals surface area contributed by atoms with Crippen LogP contribution in [0.25, 0.3) is 0 Å². The number of carbonyl (C=O) groups excluding carboxylic acids is 2. The van der Waals surface area contributed by atoms with E-state index in [1.807, 2.05) is 0 Å². The highest BCUT2D eigenvalue weighted by atomic mass is 16.5. The Morgan fingerprint density at radius 2 is 1.92 bits per heavy atom. The number of hydrogen-bond acceptors (Lipinski definition) is 5. The first kappa shape index (κ1) is 17.6. The zero-order valence-electron chi connectivity index (χ0n) is 14.7. The van der Waals surface area contributed by atoms with Gasteiger partial charge in [0.1, 0.15) is 6.10 Å². The summed E-state index contributed by atoms with van der Waals surface area (Å²) in [6, 6.07) is 0. The van der Waals surface area contributed by atoms with E-state index in [9.17, 15) is 14.4 Å². The Morgan fingerprint density at radius 1 is 1.24 bits per heavy atom. The second-order valence-electron chi connectivity index (χ2n) is 6.62. The lowest BCUT2D eigenvalue weighted by Gasteiger charge is -2.35. The minimum Gasteiger partial charge on any atom is -0.368 e. The lowest BCUT2D eigenvalue weighted by Crippen LogP contribution is -2.53. The number of ether oxygens (including phenoxy) is 1. The molecule has 0 aromatic carbocycles. The topological polar surface area (TPSA) is 84.7 Å². The predicted molar refractivity (Wildman–Crippen MR) is 90.1 cm³/mol. The van der Waals surface area contributed by atoms with E-state index < -0.39 is 0 Å². The molecule has 1 atom stereocenters. The van der Waals surface area contributed by atoms with Crippen LogP contribution < -0.4 is 5.56 Å². The number of aromatic nitrogens is 2. The fraction of sp³-hybridized carbons (Fsp3) is 0.647. The normalized spacial score (nSPS) is 20.8. The van der Waals surface area contributed by atoms with Crippen molar-refractivity contribution in [3.63, 3.8) is 0 Å². The lowest BCUT2D eigenvalue weighted by molar-refractivity contribution is -0.145. The van der Waals surface area contributed by atoms with Crippen LogP contribution in [0.1, 0.15) is 24.1 Å². The van der Waals surface area contributed by atoms with Gasteiger partial charge in [0.2, 0.25) is 5.91 Å². The molecule has 136 valence electrons. The van der Waals surface area contributed by atoms with Crippen molar-refractivity contribution in [1.29, 1.82) is 0 Å². The highest BCUT2D eigenvalue weighted by molar-refractivity contribution is 5.82. The molecule has 2 aliphatic heterocycles. The highest BCUT2D eigenvalue weighted by Crippen LogP contribution is 2.16. The van der Waals surface area contributed by atoms with Crippen LogP contribution in [0.2, 0.25) is 0 Å². The van der Waals surface area contributed by atoms with Crippen molar-refractivity contribution in [2.45, 2.75) is 32.3 Å². The van der Waals surface area contributed by atoms with Crippen LogP contribution >= 0.6 is 0 Å². The molecule has 0 spiro atoms. The number of hydrogen-bond donors (Lipinski definition) is 0. The summed E-state index contributed by atoms with van der Waals surface area (Å²) in [6.07, 6.45) is 2.95. The van der Waals surface area contributed by atoms with E-state index in [1.54, 1.807) is 23.8 Å². The zero-order chi connectivity index (χ0) is 18.0. The third-order valence-corrected chi connectivity index (χ3v) is 4.93. The van der Waals surface area contributed by atoms with Gasteiger partial charge in [0.15, 0.2) is 0 Å². The Balaban J connectivity index is 1.56. The Hall–Kier alpha value is -2.22. The summed E-state index contributed by atoms with van der Waals surface area (Å²) in [5, 5.41) is 0. The SMILES string of the molecule is Cc1c(CC(=O)N2CCN(C(=O)C3CCCO3)CC2)ncn(C)c1=O. The van der Waals surface area contributed by atoms with E-state index in [0.717, 1.165) is 12.8 Å². The third-order valence-electron chi connectivity index (χ3n) is 4.93. The van der Waals surface area contributed by atoms with Gasteiger partial charge < -0.3 is 19.1 Å². The summed E-state index contributed by atoms with van der Waals surface area (Å²) in [5.74, 6) is -0.0262. The van der Waals surface area contributed by atoms with Gasteiger partial charge in [0.25, 0.3) is 11.5 Å². The standard InChI is InChI=1S/C17H24N4O4/c1-12-13(18-11-19(2)16(12)23)10-15(22)20-5-7-21(8-6-20)17(24)14-4-3-9-25-14/h11,14H,3-10H2,1-2H3. The maximum absolute atomic E-state index is 12.5. The van der Waals surface area contributed by atoms with Gasteiger partial charge in [-0.15, -0.1) is 0 Å². The fourth-order valence-corrected chi connectivity index (χ4v) is 3.28. The summed E-state index contributed by atoms with van der Waals surface area (Å²) in [4.78, 5) is 44.5. The minimum absolute atomic E-state index is 0.0358. The smallest absolute Gasteiger partial charge is 0.256 e. The molecule has 2 amide bonds. The van der Waals surface area contributed by atoms with Crippen LogP contribution in [0.4, 0.5) is 0 Å². The van der Waals surface area contributed by atoms with E-state index in [0.29, 0.717) is 44.0 Å². The molecule has 8 heteroatoms. The molecule has 1 aromatic heterocycles. The van der Waals surface area contributed by atoms with Crippen LogP contribution in [0.3, 0.4) is 0 Å². The molecular weight excluding hydrogens is 324 g/mol. The van der Waals surface area contributed by atoms with Crippen LogP contribution in [-0.4, -0.2) is 70.1 Å². The maximum atomic E-state index is 12.5. The molecule has 1 unspecified atom stereocenters. The van der Waals surface area contributed by atoms with E-state index in [-0.39, 0.29) is 29.9 Å².